The quantitative estimate of drug-likeness (QED) is 0.616. The van der Waals surface area contributed by atoms with E-state index in [0.717, 1.165) is 53.1 Å². The molecule has 1 amide bonds. The van der Waals surface area contributed by atoms with Gasteiger partial charge in [0.2, 0.25) is 5.91 Å². The minimum atomic E-state index is -0.0332. The molecule has 31 heavy (non-hydrogen) atoms. The third-order valence-electron chi connectivity index (χ3n) is 6.29. The van der Waals surface area contributed by atoms with Crippen molar-refractivity contribution in [2.45, 2.75) is 18.4 Å². The van der Waals surface area contributed by atoms with Crippen LogP contribution >= 0.6 is 0 Å². The number of likely N-dealkylation sites (tertiary alicyclic amines) is 1. The van der Waals surface area contributed by atoms with Crippen LogP contribution in [0.1, 0.15) is 18.0 Å². The summed E-state index contributed by atoms with van der Waals surface area (Å²) in [5.74, 6) is 1.45. The standard InChI is InChI=1S/C23H26N6O2/c1-3-18(30)29-9-8-15(12-29)21-19(20-22(24)26-13-27-23(20)28(21)2)14-4-6-16(7-5-14)31-17-10-25-11-17/h3-7,13,15,17,25H,1,8-12H2,2H3,(H2,24,26,27). The highest BCUT2D eigenvalue weighted by atomic mass is 16.5. The molecule has 160 valence electrons. The summed E-state index contributed by atoms with van der Waals surface area (Å²) >= 11 is 0. The van der Waals surface area contributed by atoms with Crippen molar-refractivity contribution >= 4 is 22.8 Å². The van der Waals surface area contributed by atoms with Crippen LogP contribution in [0, 0.1) is 0 Å². The second-order valence-electron chi connectivity index (χ2n) is 8.17. The van der Waals surface area contributed by atoms with Gasteiger partial charge in [-0.2, -0.15) is 0 Å². The van der Waals surface area contributed by atoms with E-state index in [9.17, 15) is 4.79 Å². The molecular weight excluding hydrogens is 392 g/mol. The van der Waals surface area contributed by atoms with E-state index >= 15 is 0 Å². The fourth-order valence-corrected chi connectivity index (χ4v) is 4.61. The number of carbonyl (C=O) groups is 1. The fraction of sp³-hybridized carbons (Fsp3) is 0.348. The van der Waals surface area contributed by atoms with Gasteiger partial charge in [-0.15, -0.1) is 0 Å². The molecule has 1 aromatic carbocycles. The topological polar surface area (TPSA) is 98.3 Å². The van der Waals surface area contributed by atoms with E-state index in [1.54, 1.807) is 0 Å². The van der Waals surface area contributed by atoms with E-state index in [1.165, 1.54) is 12.4 Å². The number of hydrogen-bond acceptors (Lipinski definition) is 6. The van der Waals surface area contributed by atoms with Crippen LogP contribution in [0.15, 0.2) is 43.2 Å². The third kappa shape index (κ3) is 3.33. The van der Waals surface area contributed by atoms with Crippen LogP contribution in [0.25, 0.3) is 22.2 Å². The molecule has 2 aromatic heterocycles. The minimum Gasteiger partial charge on any atom is -0.488 e. The molecule has 0 radical (unpaired) electrons. The molecule has 0 bridgehead atoms. The van der Waals surface area contributed by atoms with Gasteiger partial charge in [-0.3, -0.25) is 4.79 Å². The minimum absolute atomic E-state index is 0.0332. The summed E-state index contributed by atoms with van der Waals surface area (Å²) in [6, 6.07) is 8.12. The summed E-state index contributed by atoms with van der Waals surface area (Å²) in [7, 11) is 2.01. The van der Waals surface area contributed by atoms with Gasteiger partial charge < -0.3 is 25.3 Å². The molecule has 2 aliphatic heterocycles. The van der Waals surface area contributed by atoms with E-state index in [4.69, 9.17) is 10.5 Å². The summed E-state index contributed by atoms with van der Waals surface area (Å²) < 4.78 is 8.07. The second kappa shape index (κ2) is 7.70. The van der Waals surface area contributed by atoms with Crippen molar-refractivity contribution in [1.29, 1.82) is 0 Å². The van der Waals surface area contributed by atoms with Crippen molar-refractivity contribution in [3.05, 3.63) is 48.9 Å². The van der Waals surface area contributed by atoms with E-state index in [-0.39, 0.29) is 17.9 Å². The van der Waals surface area contributed by atoms with E-state index < -0.39 is 0 Å². The lowest BCUT2D eigenvalue weighted by Gasteiger charge is -2.27. The molecule has 0 aliphatic carbocycles. The normalized spacial score (nSPS) is 18.9. The lowest BCUT2D eigenvalue weighted by Crippen LogP contribution is -2.50. The Balaban J connectivity index is 1.58. The maximum atomic E-state index is 12.2. The summed E-state index contributed by atoms with van der Waals surface area (Å²) in [4.78, 5) is 22.8. The first-order valence-corrected chi connectivity index (χ1v) is 10.5. The monoisotopic (exact) mass is 418 g/mol. The van der Waals surface area contributed by atoms with Crippen LogP contribution < -0.4 is 15.8 Å². The number of anilines is 1. The predicted octanol–water partition coefficient (Wildman–Crippen LogP) is 2.07. The van der Waals surface area contributed by atoms with E-state index in [0.29, 0.717) is 18.9 Å². The van der Waals surface area contributed by atoms with Crippen LogP contribution in [0.2, 0.25) is 0 Å². The molecule has 2 aliphatic rings. The zero-order valence-electron chi connectivity index (χ0n) is 17.5. The van der Waals surface area contributed by atoms with Crippen LogP contribution in [-0.4, -0.2) is 57.6 Å². The first-order valence-electron chi connectivity index (χ1n) is 10.5. The van der Waals surface area contributed by atoms with Gasteiger partial charge in [0.05, 0.1) is 5.39 Å². The molecule has 2 fully saturated rings. The Hall–Kier alpha value is -3.39. The molecule has 1 atom stereocenters. The number of nitrogens with zero attached hydrogens (tertiary/aromatic N) is 4. The molecule has 0 spiro atoms. The molecule has 0 saturated carbocycles. The van der Waals surface area contributed by atoms with Gasteiger partial charge >= 0.3 is 0 Å². The molecule has 3 N–H and O–H groups in total. The van der Waals surface area contributed by atoms with Crippen molar-refractivity contribution in [2.75, 3.05) is 31.9 Å². The van der Waals surface area contributed by atoms with Gasteiger partial charge in [-0.25, -0.2) is 9.97 Å². The number of nitrogens with two attached hydrogens (primary N) is 1. The summed E-state index contributed by atoms with van der Waals surface area (Å²) in [6.07, 6.45) is 3.98. The Kier molecular flexibility index (Phi) is 4.86. The molecule has 1 unspecified atom stereocenters. The lowest BCUT2D eigenvalue weighted by molar-refractivity contribution is -0.125. The van der Waals surface area contributed by atoms with Crippen molar-refractivity contribution in [2.24, 2.45) is 7.05 Å². The summed E-state index contributed by atoms with van der Waals surface area (Å²) in [5.41, 5.74) is 10.3. The van der Waals surface area contributed by atoms with Gasteiger partial charge in [0.1, 0.15) is 29.6 Å². The highest BCUT2D eigenvalue weighted by Crippen LogP contribution is 2.42. The van der Waals surface area contributed by atoms with Crippen LogP contribution in [0.3, 0.4) is 0 Å². The van der Waals surface area contributed by atoms with Crippen LogP contribution in [0.5, 0.6) is 5.75 Å². The number of hydrogen-bond donors (Lipinski definition) is 2. The number of fused-ring (bicyclic) bond motifs is 1. The van der Waals surface area contributed by atoms with Gasteiger partial charge in [0, 0.05) is 50.4 Å². The number of carbonyl (C=O) groups excluding carboxylic acids is 1. The summed E-state index contributed by atoms with van der Waals surface area (Å²) in [6.45, 7) is 6.74. The molecule has 3 aromatic rings. The number of aromatic nitrogens is 3. The molecule has 8 nitrogen and oxygen atoms in total. The van der Waals surface area contributed by atoms with E-state index in [1.807, 2.05) is 24.1 Å². The Labute approximate surface area is 180 Å². The van der Waals surface area contributed by atoms with Crippen molar-refractivity contribution < 1.29 is 9.53 Å². The SMILES string of the molecule is C=CC(=O)N1CCC(c2c(-c3ccc(OC4CNC4)cc3)c3c(N)ncnc3n2C)C1. The Morgan fingerprint density at radius 1 is 1.29 bits per heavy atom. The predicted molar refractivity (Wildman–Crippen MR) is 120 cm³/mol. The molecule has 8 heteroatoms. The zero-order valence-corrected chi connectivity index (χ0v) is 17.5. The maximum Gasteiger partial charge on any atom is 0.245 e. The highest BCUT2D eigenvalue weighted by Gasteiger charge is 2.32. The molecular formula is C23H26N6O2. The average molecular weight is 419 g/mol. The first kappa shape index (κ1) is 19.6. The zero-order chi connectivity index (χ0) is 21.5. The van der Waals surface area contributed by atoms with Gasteiger partial charge in [0.15, 0.2) is 0 Å². The first-order chi connectivity index (χ1) is 15.1. The number of rotatable bonds is 5. The van der Waals surface area contributed by atoms with Crippen molar-refractivity contribution in [3.63, 3.8) is 0 Å². The highest BCUT2D eigenvalue weighted by molar-refractivity contribution is 6.02. The third-order valence-corrected chi connectivity index (χ3v) is 6.29. The maximum absolute atomic E-state index is 12.2. The second-order valence-corrected chi connectivity index (χ2v) is 8.17. The van der Waals surface area contributed by atoms with Gasteiger partial charge in [-0.1, -0.05) is 18.7 Å². The number of amides is 1. The number of ether oxygens (including phenoxy) is 1. The van der Waals surface area contributed by atoms with Gasteiger partial charge in [-0.05, 0) is 30.2 Å². The fourth-order valence-electron chi connectivity index (χ4n) is 4.61. The summed E-state index contributed by atoms with van der Waals surface area (Å²) in [5, 5.41) is 4.06. The molecule has 4 heterocycles. The number of nitrogen functional groups attached to an aromatic ring is 1. The smallest absolute Gasteiger partial charge is 0.245 e. The Morgan fingerprint density at radius 3 is 2.74 bits per heavy atom. The Morgan fingerprint density at radius 2 is 2.06 bits per heavy atom. The number of benzene rings is 1. The van der Waals surface area contributed by atoms with Crippen LogP contribution in [-0.2, 0) is 11.8 Å². The van der Waals surface area contributed by atoms with E-state index in [2.05, 4.69) is 38.6 Å². The number of aryl methyl sites for hydroxylation is 1. The van der Waals surface area contributed by atoms with Crippen molar-refractivity contribution in [1.82, 2.24) is 24.8 Å². The number of nitrogens with one attached hydrogen (secondary N) is 1. The van der Waals surface area contributed by atoms with Crippen LogP contribution in [0.4, 0.5) is 5.82 Å². The lowest BCUT2D eigenvalue weighted by atomic mass is 9.94. The molecule has 5 rings (SSSR count). The van der Waals surface area contributed by atoms with Crippen molar-refractivity contribution in [3.8, 4) is 16.9 Å². The Bertz CT molecular complexity index is 1150. The molecule has 2 saturated heterocycles. The largest absolute Gasteiger partial charge is 0.488 e. The van der Waals surface area contributed by atoms with Gasteiger partial charge in [0.25, 0.3) is 0 Å². The average Bonchev–Trinajstić information content (AvgIpc) is 3.34.